The van der Waals surface area contributed by atoms with E-state index in [1.165, 1.54) is 0 Å². The summed E-state index contributed by atoms with van der Waals surface area (Å²) >= 11 is 0. The van der Waals surface area contributed by atoms with Crippen LogP contribution in [0.2, 0.25) is 0 Å². The molecule has 0 unspecified atom stereocenters. The minimum absolute atomic E-state index is 0. The van der Waals surface area contributed by atoms with Crippen LogP contribution in [0.5, 0.6) is 5.75 Å². The number of carbonyl (C=O) groups is 1. The summed E-state index contributed by atoms with van der Waals surface area (Å²) in [6.07, 6.45) is 3.43. The zero-order valence-corrected chi connectivity index (χ0v) is 13.2. The monoisotopic (exact) mass is 312 g/mol. The van der Waals surface area contributed by atoms with Gasteiger partial charge >= 0.3 is 0 Å². The van der Waals surface area contributed by atoms with E-state index in [2.05, 4.69) is 0 Å². The van der Waals surface area contributed by atoms with Gasteiger partial charge in [0.25, 0.3) is 0 Å². The first-order valence-corrected chi connectivity index (χ1v) is 7.45. The van der Waals surface area contributed by atoms with Crippen LogP contribution in [-0.4, -0.2) is 37.0 Å². The second kappa shape index (κ2) is 9.64. The highest BCUT2D eigenvalue weighted by Crippen LogP contribution is 2.20. The second-order valence-corrected chi connectivity index (χ2v) is 5.34. The van der Waals surface area contributed by atoms with Crippen LogP contribution in [0.3, 0.4) is 0 Å². The Morgan fingerprint density at radius 3 is 2.52 bits per heavy atom. The average Bonchev–Trinajstić information content (AvgIpc) is 2.52. The van der Waals surface area contributed by atoms with Crippen molar-refractivity contribution in [3.8, 4) is 5.75 Å². The summed E-state index contributed by atoms with van der Waals surface area (Å²) in [5.74, 6) is 1.72. The van der Waals surface area contributed by atoms with Crippen LogP contribution in [0.15, 0.2) is 30.3 Å². The molecule has 0 aromatic heterocycles. The van der Waals surface area contributed by atoms with E-state index in [4.69, 9.17) is 10.5 Å². The third-order valence-corrected chi connectivity index (χ3v) is 3.79. The van der Waals surface area contributed by atoms with E-state index in [9.17, 15) is 4.79 Å². The molecule has 1 heterocycles. The van der Waals surface area contributed by atoms with E-state index in [0.29, 0.717) is 18.9 Å². The Labute approximate surface area is 133 Å². The van der Waals surface area contributed by atoms with Gasteiger partial charge in [-0.15, -0.1) is 12.4 Å². The van der Waals surface area contributed by atoms with E-state index in [-0.39, 0.29) is 18.3 Å². The van der Waals surface area contributed by atoms with Crippen molar-refractivity contribution >= 4 is 18.3 Å². The van der Waals surface area contributed by atoms with Gasteiger partial charge in [0, 0.05) is 19.5 Å². The zero-order chi connectivity index (χ0) is 14.2. The fourth-order valence-corrected chi connectivity index (χ4v) is 2.49. The van der Waals surface area contributed by atoms with E-state index >= 15 is 0 Å². The van der Waals surface area contributed by atoms with Gasteiger partial charge in [0.1, 0.15) is 5.75 Å². The molecule has 1 amide bonds. The van der Waals surface area contributed by atoms with Crippen molar-refractivity contribution in [3.05, 3.63) is 30.3 Å². The lowest BCUT2D eigenvalue weighted by Gasteiger charge is -2.32. The van der Waals surface area contributed by atoms with Crippen LogP contribution in [0.4, 0.5) is 0 Å². The van der Waals surface area contributed by atoms with Crippen LogP contribution >= 0.6 is 12.4 Å². The summed E-state index contributed by atoms with van der Waals surface area (Å²) in [5, 5.41) is 0. The molecule has 1 saturated heterocycles. The molecule has 0 aliphatic carbocycles. The largest absolute Gasteiger partial charge is 0.493 e. The van der Waals surface area contributed by atoms with Crippen molar-refractivity contribution in [2.24, 2.45) is 11.7 Å². The third kappa shape index (κ3) is 5.94. The number of nitrogens with two attached hydrogens (primary N) is 1. The number of likely N-dealkylation sites (tertiary alicyclic amines) is 1. The van der Waals surface area contributed by atoms with Crippen molar-refractivity contribution in [1.29, 1.82) is 0 Å². The molecular weight excluding hydrogens is 288 g/mol. The van der Waals surface area contributed by atoms with Crippen LogP contribution in [0, 0.1) is 5.92 Å². The molecule has 118 valence electrons. The number of rotatable bonds is 6. The maximum absolute atomic E-state index is 11.9. The fraction of sp³-hybridized carbons (Fsp3) is 0.562. The van der Waals surface area contributed by atoms with Gasteiger partial charge in [-0.2, -0.15) is 0 Å². The number of ether oxygens (including phenoxy) is 1. The number of hydrogen-bond donors (Lipinski definition) is 1. The quantitative estimate of drug-likeness (QED) is 0.878. The third-order valence-electron chi connectivity index (χ3n) is 3.79. The highest BCUT2D eigenvalue weighted by atomic mass is 35.5. The first-order valence-electron chi connectivity index (χ1n) is 7.45. The number of carbonyl (C=O) groups excluding carboxylic acids is 1. The lowest BCUT2D eigenvalue weighted by atomic mass is 9.97. The molecule has 0 atom stereocenters. The molecule has 2 rings (SSSR count). The van der Waals surface area contributed by atoms with Crippen LogP contribution in [0.25, 0.3) is 0 Å². The zero-order valence-electron chi connectivity index (χ0n) is 12.4. The SMILES string of the molecule is Cl.NCCCC(=O)N1CCC(COc2ccccc2)CC1. The van der Waals surface area contributed by atoms with Gasteiger partial charge in [-0.05, 0) is 43.9 Å². The van der Waals surface area contributed by atoms with Gasteiger partial charge in [-0.1, -0.05) is 18.2 Å². The van der Waals surface area contributed by atoms with Crippen LogP contribution < -0.4 is 10.5 Å². The highest BCUT2D eigenvalue weighted by molar-refractivity contribution is 5.85. The van der Waals surface area contributed by atoms with E-state index in [1.807, 2.05) is 35.2 Å². The van der Waals surface area contributed by atoms with Crippen LogP contribution in [0.1, 0.15) is 25.7 Å². The molecule has 1 aromatic rings. The summed E-state index contributed by atoms with van der Waals surface area (Å²) in [7, 11) is 0. The predicted molar refractivity (Wildman–Crippen MR) is 86.8 cm³/mol. The number of nitrogens with zero attached hydrogens (tertiary/aromatic N) is 1. The van der Waals surface area contributed by atoms with Crippen molar-refractivity contribution in [2.75, 3.05) is 26.2 Å². The van der Waals surface area contributed by atoms with Gasteiger partial charge in [0.15, 0.2) is 0 Å². The Morgan fingerprint density at radius 2 is 1.90 bits per heavy atom. The van der Waals surface area contributed by atoms with E-state index < -0.39 is 0 Å². The number of hydrogen-bond acceptors (Lipinski definition) is 3. The fourth-order valence-electron chi connectivity index (χ4n) is 2.49. The molecule has 4 nitrogen and oxygen atoms in total. The first kappa shape index (κ1) is 17.8. The van der Waals surface area contributed by atoms with Crippen molar-refractivity contribution in [3.63, 3.8) is 0 Å². The topological polar surface area (TPSA) is 55.6 Å². The van der Waals surface area contributed by atoms with Gasteiger partial charge < -0.3 is 15.4 Å². The van der Waals surface area contributed by atoms with Gasteiger partial charge in [0.05, 0.1) is 6.61 Å². The minimum atomic E-state index is 0. The minimum Gasteiger partial charge on any atom is -0.493 e. The van der Waals surface area contributed by atoms with Crippen LogP contribution in [-0.2, 0) is 4.79 Å². The molecule has 1 aromatic carbocycles. The lowest BCUT2D eigenvalue weighted by Crippen LogP contribution is -2.39. The number of piperidine rings is 1. The van der Waals surface area contributed by atoms with Gasteiger partial charge in [0.2, 0.25) is 5.91 Å². The molecule has 0 spiro atoms. The van der Waals surface area contributed by atoms with Crippen molar-refractivity contribution in [1.82, 2.24) is 4.90 Å². The lowest BCUT2D eigenvalue weighted by molar-refractivity contribution is -0.132. The average molecular weight is 313 g/mol. The summed E-state index contributed by atoms with van der Waals surface area (Å²) in [4.78, 5) is 13.8. The maximum Gasteiger partial charge on any atom is 0.222 e. The van der Waals surface area contributed by atoms with E-state index in [1.54, 1.807) is 0 Å². The summed E-state index contributed by atoms with van der Waals surface area (Å²) in [6, 6.07) is 9.90. The van der Waals surface area contributed by atoms with Gasteiger partial charge in [-0.3, -0.25) is 4.79 Å². The second-order valence-electron chi connectivity index (χ2n) is 5.34. The maximum atomic E-state index is 11.9. The summed E-state index contributed by atoms with van der Waals surface area (Å²) in [5.41, 5.74) is 5.44. The Kier molecular flexibility index (Phi) is 8.16. The molecule has 21 heavy (non-hydrogen) atoms. The molecule has 0 bridgehead atoms. The number of amides is 1. The Morgan fingerprint density at radius 1 is 1.24 bits per heavy atom. The standard InChI is InChI=1S/C16H24N2O2.ClH/c17-10-4-7-16(19)18-11-8-14(9-12-18)13-20-15-5-2-1-3-6-15;/h1-3,5-6,14H,4,7-13,17H2;1H. The molecule has 2 N–H and O–H groups in total. The highest BCUT2D eigenvalue weighted by Gasteiger charge is 2.22. The summed E-state index contributed by atoms with van der Waals surface area (Å²) in [6.45, 7) is 3.04. The number of para-hydroxylation sites is 1. The molecule has 5 heteroatoms. The smallest absolute Gasteiger partial charge is 0.222 e. The Balaban J connectivity index is 0.00000220. The molecule has 1 fully saturated rings. The Bertz CT molecular complexity index is 406. The first-order chi connectivity index (χ1) is 9.79. The molecule has 1 aliphatic rings. The van der Waals surface area contributed by atoms with Crippen molar-refractivity contribution in [2.45, 2.75) is 25.7 Å². The van der Waals surface area contributed by atoms with Crippen molar-refractivity contribution < 1.29 is 9.53 Å². The molecule has 0 saturated carbocycles. The van der Waals surface area contributed by atoms with E-state index in [0.717, 1.165) is 44.7 Å². The normalized spacial score (nSPS) is 15.4. The molecule has 0 radical (unpaired) electrons. The van der Waals surface area contributed by atoms with Gasteiger partial charge in [-0.25, -0.2) is 0 Å². The molecule has 1 aliphatic heterocycles. The predicted octanol–water partition coefficient (Wildman–Crippen LogP) is 2.46. The number of halogens is 1. The summed E-state index contributed by atoms with van der Waals surface area (Å²) < 4.78 is 5.79. The Hall–Kier alpha value is -1.26. The number of benzene rings is 1. The molecular formula is C16H25ClN2O2.